The summed E-state index contributed by atoms with van der Waals surface area (Å²) in [5.41, 5.74) is 0.913. The first-order chi connectivity index (χ1) is 9.19. The molecular formula is C13H22N4O2. The molecule has 2 rings (SSSR count). The lowest BCUT2D eigenvalue weighted by atomic mass is 10.2. The van der Waals surface area contributed by atoms with Crippen molar-refractivity contribution in [2.45, 2.75) is 19.9 Å². The van der Waals surface area contributed by atoms with E-state index in [0.29, 0.717) is 6.42 Å². The SMILES string of the molecule is CNCCC(=O)N1CCN(Cc2cc(C)no2)CC1. The predicted molar refractivity (Wildman–Crippen MR) is 71.6 cm³/mol. The first-order valence-corrected chi connectivity index (χ1v) is 6.76. The van der Waals surface area contributed by atoms with Crippen molar-refractivity contribution < 1.29 is 9.32 Å². The molecule has 2 heterocycles. The summed E-state index contributed by atoms with van der Waals surface area (Å²) in [4.78, 5) is 16.1. The van der Waals surface area contributed by atoms with E-state index in [1.54, 1.807) is 0 Å². The lowest BCUT2D eigenvalue weighted by Gasteiger charge is -2.34. The fourth-order valence-electron chi connectivity index (χ4n) is 2.26. The van der Waals surface area contributed by atoms with Gasteiger partial charge in [-0.15, -0.1) is 0 Å². The number of nitrogens with one attached hydrogen (secondary N) is 1. The molecule has 1 aromatic heterocycles. The van der Waals surface area contributed by atoms with Crippen LogP contribution in [0.1, 0.15) is 17.9 Å². The Kier molecular flexibility index (Phi) is 4.93. The molecule has 0 unspecified atom stereocenters. The first kappa shape index (κ1) is 14.0. The number of aromatic nitrogens is 1. The fourth-order valence-corrected chi connectivity index (χ4v) is 2.26. The van der Waals surface area contributed by atoms with Crippen LogP contribution < -0.4 is 5.32 Å². The van der Waals surface area contributed by atoms with Gasteiger partial charge in [0.05, 0.1) is 12.2 Å². The lowest BCUT2D eigenvalue weighted by molar-refractivity contribution is -0.132. The summed E-state index contributed by atoms with van der Waals surface area (Å²) < 4.78 is 5.21. The number of carbonyl (C=O) groups excluding carboxylic acids is 1. The highest BCUT2D eigenvalue weighted by Crippen LogP contribution is 2.10. The number of piperazine rings is 1. The second-order valence-electron chi connectivity index (χ2n) is 4.95. The van der Waals surface area contributed by atoms with Crippen LogP contribution in [0.25, 0.3) is 0 Å². The van der Waals surface area contributed by atoms with E-state index in [9.17, 15) is 4.79 Å². The lowest BCUT2D eigenvalue weighted by Crippen LogP contribution is -2.48. The van der Waals surface area contributed by atoms with E-state index in [1.807, 2.05) is 24.9 Å². The molecule has 6 nitrogen and oxygen atoms in total. The van der Waals surface area contributed by atoms with Gasteiger partial charge in [0.2, 0.25) is 5.91 Å². The Balaban J connectivity index is 1.74. The second-order valence-corrected chi connectivity index (χ2v) is 4.95. The van der Waals surface area contributed by atoms with Gasteiger partial charge >= 0.3 is 0 Å². The number of nitrogens with zero attached hydrogens (tertiary/aromatic N) is 3. The average Bonchev–Trinajstić information content (AvgIpc) is 2.82. The minimum atomic E-state index is 0.240. The highest BCUT2D eigenvalue weighted by molar-refractivity contribution is 5.76. The number of amides is 1. The summed E-state index contributed by atoms with van der Waals surface area (Å²) in [7, 11) is 1.87. The van der Waals surface area contributed by atoms with E-state index >= 15 is 0 Å². The maximum absolute atomic E-state index is 11.9. The molecule has 106 valence electrons. The Labute approximate surface area is 113 Å². The minimum Gasteiger partial charge on any atom is -0.360 e. The van der Waals surface area contributed by atoms with E-state index < -0.39 is 0 Å². The van der Waals surface area contributed by atoms with E-state index in [4.69, 9.17) is 4.52 Å². The van der Waals surface area contributed by atoms with Crippen LogP contribution >= 0.6 is 0 Å². The molecular weight excluding hydrogens is 244 g/mol. The van der Waals surface area contributed by atoms with Gasteiger partial charge in [-0.05, 0) is 14.0 Å². The Bertz CT molecular complexity index is 411. The third kappa shape index (κ3) is 4.04. The topological polar surface area (TPSA) is 61.6 Å². The molecule has 6 heteroatoms. The summed E-state index contributed by atoms with van der Waals surface area (Å²) in [6.07, 6.45) is 0.581. The van der Waals surface area contributed by atoms with Crippen molar-refractivity contribution in [2.75, 3.05) is 39.8 Å². The molecule has 19 heavy (non-hydrogen) atoms. The Hall–Kier alpha value is -1.40. The van der Waals surface area contributed by atoms with Gasteiger partial charge in [-0.2, -0.15) is 0 Å². The molecule has 0 spiro atoms. The minimum absolute atomic E-state index is 0.240. The third-order valence-electron chi connectivity index (χ3n) is 3.37. The van der Waals surface area contributed by atoms with Crippen molar-refractivity contribution in [1.82, 2.24) is 20.3 Å². The van der Waals surface area contributed by atoms with Gasteiger partial charge in [-0.25, -0.2) is 0 Å². The molecule has 1 fully saturated rings. The van der Waals surface area contributed by atoms with Crippen molar-refractivity contribution in [3.63, 3.8) is 0 Å². The normalized spacial score (nSPS) is 16.8. The standard InChI is InChI=1S/C13H22N4O2/c1-11-9-12(19-15-11)10-16-5-7-17(8-6-16)13(18)3-4-14-2/h9,14H,3-8,10H2,1-2H3. The van der Waals surface area contributed by atoms with E-state index in [2.05, 4.69) is 15.4 Å². The largest absolute Gasteiger partial charge is 0.360 e. The number of rotatable bonds is 5. The third-order valence-corrected chi connectivity index (χ3v) is 3.37. The van der Waals surface area contributed by atoms with E-state index in [-0.39, 0.29) is 5.91 Å². The van der Waals surface area contributed by atoms with Crippen molar-refractivity contribution in [3.05, 3.63) is 17.5 Å². The molecule has 0 bridgehead atoms. The van der Waals surface area contributed by atoms with Crippen molar-refractivity contribution in [3.8, 4) is 0 Å². The molecule has 1 aromatic rings. The number of hydrogen-bond acceptors (Lipinski definition) is 5. The molecule has 0 radical (unpaired) electrons. The Morgan fingerprint density at radius 3 is 2.74 bits per heavy atom. The predicted octanol–water partition coefficient (Wildman–Crippen LogP) is 0.237. The van der Waals surface area contributed by atoms with Crippen molar-refractivity contribution >= 4 is 5.91 Å². The molecule has 0 atom stereocenters. The summed E-state index contributed by atoms with van der Waals surface area (Å²) >= 11 is 0. The average molecular weight is 266 g/mol. The van der Waals surface area contributed by atoms with Gasteiger partial charge in [0.1, 0.15) is 0 Å². The van der Waals surface area contributed by atoms with Crippen molar-refractivity contribution in [1.29, 1.82) is 0 Å². The van der Waals surface area contributed by atoms with Gasteiger partial charge in [0, 0.05) is 45.2 Å². The van der Waals surface area contributed by atoms with Crippen LogP contribution in [0.15, 0.2) is 10.6 Å². The zero-order chi connectivity index (χ0) is 13.7. The first-order valence-electron chi connectivity index (χ1n) is 6.76. The summed E-state index contributed by atoms with van der Waals surface area (Å²) in [5, 5.41) is 6.89. The summed E-state index contributed by atoms with van der Waals surface area (Å²) in [5.74, 6) is 1.14. The van der Waals surface area contributed by atoms with E-state index in [1.165, 1.54) is 0 Å². The molecule has 1 aliphatic heterocycles. The number of hydrogen-bond donors (Lipinski definition) is 1. The Morgan fingerprint density at radius 1 is 1.42 bits per heavy atom. The van der Waals surface area contributed by atoms with Crippen LogP contribution in [-0.4, -0.2) is 60.6 Å². The molecule has 0 aromatic carbocycles. The van der Waals surface area contributed by atoms with Gasteiger partial charge in [-0.1, -0.05) is 5.16 Å². The van der Waals surface area contributed by atoms with E-state index in [0.717, 1.165) is 50.7 Å². The highest BCUT2D eigenvalue weighted by atomic mass is 16.5. The zero-order valence-corrected chi connectivity index (χ0v) is 11.7. The van der Waals surface area contributed by atoms with Crippen LogP contribution in [0, 0.1) is 6.92 Å². The second kappa shape index (κ2) is 6.68. The number of aryl methyl sites for hydroxylation is 1. The maximum Gasteiger partial charge on any atom is 0.223 e. The molecule has 1 aliphatic rings. The fraction of sp³-hybridized carbons (Fsp3) is 0.692. The van der Waals surface area contributed by atoms with Gasteiger partial charge < -0.3 is 14.7 Å². The smallest absolute Gasteiger partial charge is 0.223 e. The van der Waals surface area contributed by atoms with Crippen LogP contribution in [0.3, 0.4) is 0 Å². The zero-order valence-electron chi connectivity index (χ0n) is 11.7. The molecule has 1 saturated heterocycles. The Morgan fingerprint density at radius 2 is 2.16 bits per heavy atom. The summed E-state index contributed by atoms with van der Waals surface area (Å²) in [6, 6.07) is 1.96. The van der Waals surface area contributed by atoms with Crippen LogP contribution in [0.5, 0.6) is 0 Å². The van der Waals surface area contributed by atoms with Crippen LogP contribution in [-0.2, 0) is 11.3 Å². The monoisotopic (exact) mass is 266 g/mol. The quantitative estimate of drug-likeness (QED) is 0.827. The summed E-state index contributed by atoms with van der Waals surface area (Å²) in [6.45, 7) is 6.84. The maximum atomic E-state index is 11.9. The molecule has 0 aliphatic carbocycles. The van der Waals surface area contributed by atoms with Crippen molar-refractivity contribution in [2.24, 2.45) is 0 Å². The van der Waals surface area contributed by atoms with Crippen LogP contribution in [0.4, 0.5) is 0 Å². The highest BCUT2D eigenvalue weighted by Gasteiger charge is 2.21. The molecule has 1 amide bonds. The van der Waals surface area contributed by atoms with Crippen LogP contribution in [0.2, 0.25) is 0 Å². The van der Waals surface area contributed by atoms with Gasteiger partial charge in [0.15, 0.2) is 5.76 Å². The van der Waals surface area contributed by atoms with Gasteiger partial charge in [-0.3, -0.25) is 9.69 Å². The van der Waals surface area contributed by atoms with Gasteiger partial charge in [0.25, 0.3) is 0 Å². The molecule has 0 saturated carbocycles. The number of carbonyl (C=O) groups is 1. The molecule has 1 N–H and O–H groups in total.